The third kappa shape index (κ3) is 3.32. The van der Waals surface area contributed by atoms with Crippen molar-refractivity contribution in [3.8, 4) is 0 Å². The number of amides is 1. The Morgan fingerprint density at radius 1 is 1.37 bits per heavy atom. The van der Waals surface area contributed by atoms with Crippen LogP contribution in [0.4, 0.5) is 0 Å². The van der Waals surface area contributed by atoms with Crippen LogP contribution in [0, 0.1) is 6.92 Å². The quantitative estimate of drug-likeness (QED) is 0.848. The molecule has 1 fully saturated rings. The Bertz CT molecular complexity index is 571. The predicted molar refractivity (Wildman–Crippen MR) is 75.9 cm³/mol. The third-order valence-electron chi connectivity index (χ3n) is 3.16. The first-order valence-electron chi connectivity index (χ1n) is 6.05. The van der Waals surface area contributed by atoms with Gasteiger partial charge in [0.15, 0.2) is 0 Å². The van der Waals surface area contributed by atoms with Gasteiger partial charge in [-0.3, -0.25) is 9.46 Å². The third-order valence-corrected chi connectivity index (χ3v) is 5.14. The summed E-state index contributed by atoms with van der Waals surface area (Å²) in [6.07, 6.45) is 1.57. The summed E-state index contributed by atoms with van der Waals surface area (Å²) in [5.41, 5.74) is 0.970. The van der Waals surface area contributed by atoms with Gasteiger partial charge in [0.25, 0.3) is 15.9 Å². The number of hydrogen-bond acceptors (Lipinski definition) is 4. The lowest BCUT2D eigenvalue weighted by molar-refractivity contribution is -0.122. The van der Waals surface area contributed by atoms with Crippen molar-refractivity contribution in [2.75, 3.05) is 6.54 Å². The van der Waals surface area contributed by atoms with Crippen molar-refractivity contribution in [1.29, 1.82) is 0 Å². The molecule has 19 heavy (non-hydrogen) atoms. The number of carbonyl (C=O) groups excluding carboxylic acids is 1. The van der Waals surface area contributed by atoms with Gasteiger partial charge >= 0.3 is 0 Å². The first kappa shape index (κ1) is 14.4. The molecule has 1 N–H and O–H groups in total. The lowest BCUT2D eigenvalue weighted by Crippen LogP contribution is -2.42. The standard InChI is InChI=1S/C12H17N2O3PS/c1-9-4-6-10(7-5-9)19(16,17)13-12(15)11-3-2-8-14(11)18/h4-7,11H,2-3,8,18H2,1H3,(H,13,15)/t11-/m0/s1. The van der Waals surface area contributed by atoms with Crippen molar-refractivity contribution in [1.82, 2.24) is 9.39 Å². The van der Waals surface area contributed by atoms with Crippen LogP contribution in [0.1, 0.15) is 18.4 Å². The van der Waals surface area contributed by atoms with Crippen LogP contribution in [-0.2, 0) is 14.8 Å². The molecule has 1 heterocycles. The second kappa shape index (κ2) is 5.57. The molecule has 0 radical (unpaired) electrons. The van der Waals surface area contributed by atoms with Gasteiger partial charge in [-0.25, -0.2) is 13.1 Å². The highest BCUT2D eigenvalue weighted by molar-refractivity contribution is 7.90. The Morgan fingerprint density at radius 2 is 2.00 bits per heavy atom. The first-order valence-corrected chi connectivity index (χ1v) is 8.05. The van der Waals surface area contributed by atoms with Crippen molar-refractivity contribution in [2.24, 2.45) is 0 Å². The average Bonchev–Trinajstić information content (AvgIpc) is 2.75. The molecule has 0 bridgehead atoms. The maximum absolute atomic E-state index is 12.1. The summed E-state index contributed by atoms with van der Waals surface area (Å²) >= 11 is 0. The van der Waals surface area contributed by atoms with E-state index < -0.39 is 15.9 Å². The lowest BCUT2D eigenvalue weighted by Gasteiger charge is -2.18. The van der Waals surface area contributed by atoms with Gasteiger partial charge in [0.2, 0.25) is 0 Å². The normalized spacial score (nSPS) is 20.4. The number of aryl methyl sites for hydroxylation is 1. The summed E-state index contributed by atoms with van der Waals surface area (Å²) < 4.78 is 28.1. The highest BCUT2D eigenvalue weighted by Crippen LogP contribution is 2.21. The zero-order valence-corrected chi connectivity index (χ0v) is 12.6. The summed E-state index contributed by atoms with van der Waals surface area (Å²) in [7, 11) is -1.31. The monoisotopic (exact) mass is 300 g/mol. The molecule has 104 valence electrons. The number of sulfonamides is 1. The second-order valence-electron chi connectivity index (χ2n) is 4.68. The first-order chi connectivity index (χ1) is 8.90. The number of rotatable bonds is 3. The van der Waals surface area contributed by atoms with E-state index in [-0.39, 0.29) is 10.9 Å². The molecule has 1 aliphatic heterocycles. The van der Waals surface area contributed by atoms with Gasteiger partial charge in [-0.2, -0.15) is 0 Å². The molecule has 0 aromatic heterocycles. The molecule has 1 aliphatic rings. The summed E-state index contributed by atoms with van der Waals surface area (Å²) in [4.78, 5) is 12.1. The van der Waals surface area contributed by atoms with Crippen LogP contribution < -0.4 is 4.72 Å². The zero-order chi connectivity index (χ0) is 14.0. The molecule has 5 nitrogen and oxygen atoms in total. The molecule has 7 heteroatoms. The predicted octanol–water partition coefficient (Wildman–Crippen LogP) is 1.05. The van der Waals surface area contributed by atoms with Gasteiger partial charge in [-0.15, -0.1) is 0 Å². The van der Waals surface area contributed by atoms with E-state index in [9.17, 15) is 13.2 Å². The van der Waals surface area contributed by atoms with Crippen LogP contribution in [0.3, 0.4) is 0 Å². The van der Waals surface area contributed by atoms with Crippen LogP contribution in [0.2, 0.25) is 0 Å². The van der Waals surface area contributed by atoms with E-state index in [2.05, 4.69) is 14.1 Å². The van der Waals surface area contributed by atoms with Gasteiger partial charge < -0.3 is 0 Å². The van der Waals surface area contributed by atoms with Gasteiger partial charge in [-0.1, -0.05) is 27.1 Å². The van der Waals surface area contributed by atoms with Gasteiger partial charge in [0.05, 0.1) is 10.9 Å². The van der Waals surface area contributed by atoms with E-state index >= 15 is 0 Å². The summed E-state index contributed by atoms with van der Waals surface area (Å²) in [6.45, 7) is 2.66. The average molecular weight is 300 g/mol. The van der Waals surface area contributed by atoms with E-state index in [1.807, 2.05) is 6.92 Å². The minimum absolute atomic E-state index is 0.111. The highest BCUT2D eigenvalue weighted by Gasteiger charge is 2.30. The minimum Gasteiger partial charge on any atom is -0.275 e. The van der Waals surface area contributed by atoms with Crippen molar-refractivity contribution >= 4 is 25.3 Å². The molecular formula is C12H17N2O3PS. The van der Waals surface area contributed by atoms with E-state index in [0.29, 0.717) is 6.42 Å². The SMILES string of the molecule is Cc1ccc(S(=O)(=O)NC(=O)[C@@H]2CCCN2P)cc1. The largest absolute Gasteiger partial charge is 0.275 e. The fourth-order valence-corrected chi connectivity index (χ4v) is 3.53. The molecule has 0 saturated carbocycles. The molecule has 1 amide bonds. The Balaban J connectivity index is 2.13. The maximum Gasteiger partial charge on any atom is 0.264 e. The minimum atomic E-state index is -3.77. The summed E-state index contributed by atoms with van der Waals surface area (Å²) in [6, 6.07) is 6.02. The van der Waals surface area contributed by atoms with E-state index in [1.165, 1.54) is 12.1 Å². The number of carbonyl (C=O) groups is 1. The molecule has 2 rings (SSSR count). The molecular weight excluding hydrogens is 283 g/mol. The smallest absolute Gasteiger partial charge is 0.264 e. The van der Waals surface area contributed by atoms with Gasteiger partial charge in [0, 0.05) is 6.54 Å². The zero-order valence-electron chi connectivity index (χ0n) is 10.7. The van der Waals surface area contributed by atoms with Crippen LogP contribution in [-0.4, -0.2) is 31.6 Å². The van der Waals surface area contributed by atoms with Crippen LogP contribution in [0.15, 0.2) is 29.2 Å². The Kier molecular flexibility index (Phi) is 4.23. The molecule has 0 spiro atoms. The van der Waals surface area contributed by atoms with E-state index in [1.54, 1.807) is 16.8 Å². The van der Waals surface area contributed by atoms with Crippen molar-refractivity contribution < 1.29 is 13.2 Å². The molecule has 1 aromatic rings. The van der Waals surface area contributed by atoms with Crippen molar-refractivity contribution in [3.63, 3.8) is 0 Å². The maximum atomic E-state index is 12.1. The van der Waals surface area contributed by atoms with Gasteiger partial charge in [0.1, 0.15) is 0 Å². The van der Waals surface area contributed by atoms with Crippen LogP contribution in [0.25, 0.3) is 0 Å². The molecule has 1 saturated heterocycles. The number of nitrogens with one attached hydrogen (secondary N) is 1. The van der Waals surface area contributed by atoms with E-state index in [4.69, 9.17) is 0 Å². The number of hydrogen-bond donors (Lipinski definition) is 1. The molecule has 1 aromatic carbocycles. The fourth-order valence-electron chi connectivity index (χ4n) is 2.05. The van der Waals surface area contributed by atoms with Crippen molar-refractivity contribution in [3.05, 3.63) is 29.8 Å². The van der Waals surface area contributed by atoms with Gasteiger partial charge in [-0.05, 0) is 31.9 Å². The summed E-state index contributed by atoms with van der Waals surface area (Å²) in [5, 5.41) is 0. The van der Waals surface area contributed by atoms with Crippen molar-refractivity contribution in [2.45, 2.75) is 30.7 Å². The topological polar surface area (TPSA) is 66.5 Å². The van der Waals surface area contributed by atoms with Crippen LogP contribution in [0.5, 0.6) is 0 Å². The number of benzene rings is 1. The fraction of sp³-hybridized carbons (Fsp3) is 0.417. The summed E-state index contributed by atoms with van der Waals surface area (Å²) in [5.74, 6) is -0.465. The van der Waals surface area contributed by atoms with Crippen LogP contribution >= 0.6 is 9.39 Å². The lowest BCUT2D eigenvalue weighted by atomic mass is 10.2. The Labute approximate surface area is 115 Å². The highest BCUT2D eigenvalue weighted by atomic mass is 32.2. The Hall–Kier alpha value is -0.970. The Morgan fingerprint density at radius 3 is 2.53 bits per heavy atom. The molecule has 2 atom stereocenters. The molecule has 1 unspecified atom stereocenters. The molecule has 0 aliphatic carbocycles. The van der Waals surface area contributed by atoms with E-state index in [0.717, 1.165) is 18.5 Å². The number of nitrogens with zero attached hydrogens (tertiary/aromatic N) is 1. The second-order valence-corrected chi connectivity index (χ2v) is 7.02.